The SMILES string of the molecule is Cn1c(SCC(=O)N2c3ccccc3Sc3ccccc32)nc2sc3c(c2c1=O)CCCC3. The van der Waals surface area contributed by atoms with Crippen molar-refractivity contribution in [3.8, 4) is 0 Å². The molecule has 33 heavy (non-hydrogen) atoms. The molecule has 0 saturated heterocycles. The zero-order valence-corrected chi connectivity index (χ0v) is 20.5. The number of thioether (sulfide) groups is 1. The van der Waals surface area contributed by atoms with Crippen LogP contribution in [0.4, 0.5) is 11.4 Å². The van der Waals surface area contributed by atoms with Crippen molar-refractivity contribution in [2.24, 2.45) is 7.05 Å². The van der Waals surface area contributed by atoms with Gasteiger partial charge in [-0.15, -0.1) is 11.3 Å². The van der Waals surface area contributed by atoms with Crippen molar-refractivity contribution in [3.63, 3.8) is 0 Å². The Labute approximate surface area is 203 Å². The van der Waals surface area contributed by atoms with Crippen molar-refractivity contribution in [1.82, 2.24) is 9.55 Å². The molecule has 2 aliphatic rings. The fraction of sp³-hybridized carbons (Fsp3) is 0.240. The standard InChI is InChI=1S/C25H21N3O2S3/c1-27-24(30)22-15-8-2-5-11-18(15)33-23(22)26-25(27)31-14-21(29)28-16-9-3-6-12-19(16)32-20-13-7-4-10-17(20)28/h3-4,6-7,9-10,12-13H,2,5,8,11,14H2,1H3. The minimum atomic E-state index is -0.0278. The Bertz CT molecular complexity index is 1430. The molecule has 0 atom stereocenters. The molecule has 2 aromatic carbocycles. The number of benzene rings is 2. The predicted octanol–water partition coefficient (Wildman–Crippen LogP) is 5.80. The Hall–Kier alpha value is -2.55. The first kappa shape index (κ1) is 21.0. The van der Waals surface area contributed by atoms with Crippen LogP contribution in [0.5, 0.6) is 0 Å². The quantitative estimate of drug-likeness (QED) is 0.268. The van der Waals surface area contributed by atoms with Crippen molar-refractivity contribution in [1.29, 1.82) is 0 Å². The van der Waals surface area contributed by atoms with Crippen LogP contribution in [0, 0.1) is 0 Å². The van der Waals surface area contributed by atoms with Gasteiger partial charge in [0.25, 0.3) is 5.56 Å². The summed E-state index contributed by atoms with van der Waals surface area (Å²) in [6, 6.07) is 16.0. The molecule has 166 valence electrons. The monoisotopic (exact) mass is 491 g/mol. The number of rotatable bonds is 3. The number of anilines is 2. The van der Waals surface area contributed by atoms with Gasteiger partial charge in [-0.3, -0.25) is 19.1 Å². The average Bonchev–Trinajstić information content (AvgIpc) is 3.22. The molecule has 3 heterocycles. The van der Waals surface area contributed by atoms with E-state index < -0.39 is 0 Å². The van der Waals surface area contributed by atoms with Gasteiger partial charge in [-0.2, -0.15) is 0 Å². The summed E-state index contributed by atoms with van der Waals surface area (Å²) < 4.78 is 1.61. The van der Waals surface area contributed by atoms with Crippen molar-refractivity contribution in [2.75, 3.05) is 10.7 Å². The number of para-hydroxylation sites is 2. The van der Waals surface area contributed by atoms with Crippen LogP contribution in [0.3, 0.4) is 0 Å². The molecule has 1 amide bonds. The minimum absolute atomic E-state index is 0.000544. The molecule has 4 aromatic rings. The van der Waals surface area contributed by atoms with Crippen LogP contribution in [0.2, 0.25) is 0 Å². The lowest BCUT2D eigenvalue weighted by molar-refractivity contribution is -0.115. The van der Waals surface area contributed by atoms with Gasteiger partial charge in [-0.05, 0) is 55.5 Å². The van der Waals surface area contributed by atoms with E-state index in [4.69, 9.17) is 4.98 Å². The Kier molecular flexibility index (Phi) is 5.31. The number of thiophene rings is 1. The molecule has 0 fully saturated rings. The van der Waals surface area contributed by atoms with E-state index in [0.29, 0.717) is 5.16 Å². The first-order valence-electron chi connectivity index (χ1n) is 10.9. The fourth-order valence-corrected chi connectivity index (χ4v) is 7.74. The number of carbonyl (C=O) groups excluding carboxylic acids is 1. The highest BCUT2D eigenvalue weighted by atomic mass is 32.2. The Morgan fingerprint density at radius 3 is 2.42 bits per heavy atom. The van der Waals surface area contributed by atoms with Gasteiger partial charge in [0.15, 0.2) is 5.16 Å². The Morgan fingerprint density at radius 1 is 1.03 bits per heavy atom. The molecule has 1 aliphatic carbocycles. The highest BCUT2D eigenvalue weighted by Crippen LogP contribution is 2.48. The van der Waals surface area contributed by atoms with Gasteiger partial charge in [-0.1, -0.05) is 47.8 Å². The second-order valence-corrected chi connectivity index (χ2v) is 11.3. The van der Waals surface area contributed by atoms with E-state index >= 15 is 0 Å². The summed E-state index contributed by atoms with van der Waals surface area (Å²) >= 11 is 4.66. The first-order chi connectivity index (χ1) is 16.1. The number of aryl methyl sites for hydroxylation is 2. The van der Waals surface area contributed by atoms with Gasteiger partial charge < -0.3 is 0 Å². The first-order valence-corrected chi connectivity index (χ1v) is 13.6. The summed E-state index contributed by atoms with van der Waals surface area (Å²) in [6.07, 6.45) is 4.30. The smallest absolute Gasteiger partial charge is 0.262 e. The predicted molar refractivity (Wildman–Crippen MR) is 136 cm³/mol. The van der Waals surface area contributed by atoms with E-state index in [2.05, 4.69) is 0 Å². The number of nitrogens with zero attached hydrogens (tertiary/aromatic N) is 3. The zero-order chi connectivity index (χ0) is 22.5. The summed E-state index contributed by atoms with van der Waals surface area (Å²) in [7, 11) is 1.76. The van der Waals surface area contributed by atoms with Crippen molar-refractivity contribution >= 4 is 62.4 Å². The largest absolute Gasteiger partial charge is 0.290 e. The number of aromatic nitrogens is 2. The van der Waals surface area contributed by atoms with Crippen LogP contribution in [0.15, 0.2) is 68.3 Å². The third-order valence-corrected chi connectivity index (χ3v) is 9.49. The summed E-state index contributed by atoms with van der Waals surface area (Å²) in [5.41, 5.74) is 2.99. The van der Waals surface area contributed by atoms with Crippen LogP contribution < -0.4 is 10.5 Å². The third-order valence-electron chi connectivity index (χ3n) is 6.16. The summed E-state index contributed by atoms with van der Waals surface area (Å²) in [4.78, 5) is 37.5. The Morgan fingerprint density at radius 2 is 1.70 bits per heavy atom. The van der Waals surface area contributed by atoms with E-state index in [0.717, 1.165) is 50.6 Å². The van der Waals surface area contributed by atoms with Crippen LogP contribution in [-0.2, 0) is 24.7 Å². The molecule has 5 nitrogen and oxygen atoms in total. The maximum atomic E-state index is 13.5. The lowest BCUT2D eigenvalue weighted by Gasteiger charge is -2.31. The van der Waals surface area contributed by atoms with E-state index in [-0.39, 0.29) is 17.2 Å². The maximum Gasteiger partial charge on any atom is 0.262 e. The number of amides is 1. The van der Waals surface area contributed by atoms with E-state index in [1.54, 1.807) is 39.6 Å². The van der Waals surface area contributed by atoms with Gasteiger partial charge in [0.05, 0.1) is 22.5 Å². The lowest BCUT2D eigenvalue weighted by atomic mass is 9.97. The van der Waals surface area contributed by atoms with Gasteiger partial charge >= 0.3 is 0 Å². The van der Waals surface area contributed by atoms with Crippen LogP contribution in [-0.4, -0.2) is 21.2 Å². The number of hydrogen-bond acceptors (Lipinski definition) is 6. The number of hydrogen-bond donors (Lipinski definition) is 0. The summed E-state index contributed by atoms with van der Waals surface area (Å²) in [5.74, 6) is 0.171. The highest BCUT2D eigenvalue weighted by Gasteiger charge is 2.28. The van der Waals surface area contributed by atoms with E-state index in [1.807, 2.05) is 48.5 Å². The maximum absolute atomic E-state index is 13.5. The molecule has 0 bridgehead atoms. The van der Waals surface area contributed by atoms with Gasteiger partial charge in [0.2, 0.25) is 5.91 Å². The molecule has 0 unspecified atom stereocenters. The highest BCUT2D eigenvalue weighted by molar-refractivity contribution is 8.00. The van der Waals surface area contributed by atoms with Gasteiger partial charge in [0, 0.05) is 21.7 Å². The normalized spacial score (nSPS) is 14.6. The second kappa shape index (κ2) is 8.34. The van der Waals surface area contributed by atoms with Gasteiger partial charge in [0.1, 0.15) is 4.83 Å². The zero-order valence-electron chi connectivity index (χ0n) is 18.0. The van der Waals surface area contributed by atoms with E-state index in [1.165, 1.54) is 28.6 Å². The molecule has 8 heteroatoms. The second-order valence-electron chi connectivity index (χ2n) is 8.20. The summed E-state index contributed by atoms with van der Waals surface area (Å²) in [5, 5.41) is 1.37. The van der Waals surface area contributed by atoms with Crippen LogP contribution in [0.25, 0.3) is 10.2 Å². The van der Waals surface area contributed by atoms with Crippen molar-refractivity contribution < 1.29 is 4.79 Å². The third kappa shape index (κ3) is 3.52. The molecule has 6 rings (SSSR count). The molecule has 0 N–H and O–H groups in total. The van der Waals surface area contributed by atoms with Crippen molar-refractivity contribution in [3.05, 3.63) is 69.3 Å². The minimum Gasteiger partial charge on any atom is -0.290 e. The molecule has 0 saturated carbocycles. The number of carbonyl (C=O) groups is 1. The van der Waals surface area contributed by atoms with Crippen LogP contribution >= 0.6 is 34.9 Å². The van der Waals surface area contributed by atoms with Crippen LogP contribution in [0.1, 0.15) is 23.3 Å². The number of fused-ring (bicyclic) bond motifs is 5. The lowest BCUT2D eigenvalue weighted by Crippen LogP contribution is -2.30. The fourth-order valence-electron chi connectivity index (χ4n) is 4.56. The average molecular weight is 492 g/mol. The molecular weight excluding hydrogens is 470 g/mol. The molecule has 2 aromatic heterocycles. The molecular formula is C25H21N3O2S3. The molecule has 1 aliphatic heterocycles. The Balaban J connectivity index is 1.33. The topological polar surface area (TPSA) is 55.2 Å². The van der Waals surface area contributed by atoms with Crippen molar-refractivity contribution in [2.45, 2.75) is 40.6 Å². The van der Waals surface area contributed by atoms with Gasteiger partial charge in [-0.25, -0.2) is 4.98 Å². The van der Waals surface area contributed by atoms with E-state index in [9.17, 15) is 9.59 Å². The summed E-state index contributed by atoms with van der Waals surface area (Å²) in [6.45, 7) is 0. The molecule has 0 radical (unpaired) electrons. The molecule has 0 spiro atoms.